The Kier molecular flexibility index (Phi) is 2.81. The summed E-state index contributed by atoms with van der Waals surface area (Å²) in [6.07, 6.45) is 0.533. The fraction of sp³-hybridized carbons (Fsp3) is 0.538. The number of aromatic nitrogens is 1. The molecule has 1 aromatic rings. The molecule has 0 aliphatic heterocycles. The average molecular weight is 287 g/mol. The Balaban J connectivity index is 2.06. The first-order valence-electron chi connectivity index (χ1n) is 6.19. The normalized spacial score (nSPS) is 21.8. The minimum Gasteiger partial charge on any atom is -0.284 e. The highest BCUT2D eigenvalue weighted by atomic mass is 32.1. The van der Waals surface area contributed by atoms with Gasteiger partial charge < -0.3 is 0 Å². The van der Waals surface area contributed by atoms with Crippen LogP contribution < -0.4 is 0 Å². The molecule has 1 heterocycles. The van der Waals surface area contributed by atoms with Gasteiger partial charge in [-0.3, -0.25) is 4.79 Å². The van der Waals surface area contributed by atoms with E-state index in [-0.39, 0.29) is 5.57 Å². The molecule has 1 spiro atoms. The number of allylic oxidation sites excluding steroid dienone is 2. The number of halogens is 3. The van der Waals surface area contributed by atoms with Crippen molar-refractivity contribution in [3.8, 4) is 0 Å². The Morgan fingerprint density at radius 2 is 2.00 bits per heavy atom. The van der Waals surface area contributed by atoms with Crippen molar-refractivity contribution >= 4 is 22.7 Å². The number of carbonyl (C=O) groups is 1. The van der Waals surface area contributed by atoms with Gasteiger partial charge in [-0.2, -0.15) is 13.2 Å². The van der Waals surface area contributed by atoms with Gasteiger partial charge in [-0.25, -0.2) is 4.98 Å². The van der Waals surface area contributed by atoms with Crippen molar-refractivity contribution in [3.63, 3.8) is 0 Å². The van der Waals surface area contributed by atoms with E-state index in [2.05, 4.69) is 4.98 Å². The summed E-state index contributed by atoms with van der Waals surface area (Å²) in [5.74, 6) is -1.66. The predicted octanol–water partition coefficient (Wildman–Crippen LogP) is 3.99. The molecule has 6 heteroatoms. The van der Waals surface area contributed by atoms with Gasteiger partial charge in [0.05, 0.1) is 0 Å². The van der Waals surface area contributed by atoms with E-state index < -0.39 is 17.4 Å². The van der Waals surface area contributed by atoms with E-state index in [9.17, 15) is 18.0 Å². The Morgan fingerprint density at radius 3 is 2.53 bits per heavy atom. The summed E-state index contributed by atoms with van der Waals surface area (Å²) in [5.41, 5.74) is -0.0141. The average Bonchev–Trinajstić information content (AvgIpc) is 2.97. The fourth-order valence-corrected chi connectivity index (χ4v) is 3.97. The SMILES string of the molecule is O=C(C1=C(c2nccs2)CC12CCCC2)C(F)(F)F. The predicted molar refractivity (Wildman–Crippen MR) is 65.6 cm³/mol. The molecule has 1 fully saturated rings. The Morgan fingerprint density at radius 1 is 1.32 bits per heavy atom. The monoisotopic (exact) mass is 287 g/mol. The maximum atomic E-state index is 12.8. The van der Waals surface area contributed by atoms with Gasteiger partial charge in [-0.05, 0) is 24.8 Å². The molecule has 1 saturated carbocycles. The van der Waals surface area contributed by atoms with E-state index in [1.807, 2.05) is 0 Å². The number of hydrogen-bond donors (Lipinski definition) is 0. The van der Waals surface area contributed by atoms with Crippen molar-refractivity contribution in [2.24, 2.45) is 5.41 Å². The molecule has 0 atom stereocenters. The highest BCUT2D eigenvalue weighted by molar-refractivity contribution is 7.10. The summed E-state index contributed by atoms with van der Waals surface area (Å²) in [6, 6.07) is 0. The molecule has 0 saturated heterocycles. The van der Waals surface area contributed by atoms with Crippen LogP contribution in [0.4, 0.5) is 13.2 Å². The van der Waals surface area contributed by atoms with Gasteiger partial charge in [0.25, 0.3) is 5.78 Å². The van der Waals surface area contributed by atoms with Crippen LogP contribution in [0.2, 0.25) is 0 Å². The lowest BCUT2D eigenvalue weighted by molar-refractivity contribution is -0.168. The van der Waals surface area contributed by atoms with Crippen molar-refractivity contribution in [3.05, 3.63) is 22.2 Å². The van der Waals surface area contributed by atoms with Gasteiger partial charge in [-0.1, -0.05) is 12.8 Å². The quantitative estimate of drug-likeness (QED) is 0.823. The molecule has 2 aliphatic carbocycles. The standard InChI is InChI=1S/C13H12F3NOS/c14-13(15,16)10(18)9-8(11-17-5-6-19-11)7-12(9)3-1-2-4-12/h5-6H,1-4,7H2. The molecule has 0 amide bonds. The largest absolute Gasteiger partial charge is 0.454 e. The van der Waals surface area contributed by atoms with E-state index in [0.29, 0.717) is 29.8 Å². The molecule has 3 rings (SSSR count). The van der Waals surface area contributed by atoms with Gasteiger partial charge in [0.15, 0.2) is 0 Å². The third-order valence-electron chi connectivity index (χ3n) is 4.08. The van der Waals surface area contributed by atoms with E-state index >= 15 is 0 Å². The second-order valence-electron chi connectivity index (χ2n) is 5.18. The molecule has 2 nitrogen and oxygen atoms in total. The number of thiazole rings is 1. The number of rotatable bonds is 2. The molecule has 0 aromatic carbocycles. The Bertz CT molecular complexity index is 539. The zero-order chi connectivity index (χ0) is 13.7. The van der Waals surface area contributed by atoms with Crippen LogP contribution in [-0.2, 0) is 4.79 Å². The van der Waals surface area contributed by atoms with Crippen LogP contribution in [0.5, 0.6) is 0 Å². The van der Waals surface area contributed by atoms with Crippen molar-refractivity contribution in [1.29, 1.82) is 0 Å². The summed E-state index contributed by atoms with van der Waals surface area (Å²) in [5, 5.41) is 2.28. The van der Waals surface area contributed by atoms with Crippen LogP contribution >= 0.6 is 11.3 Å². The lowest BCUT2D eigenvalue weighted by Gasteiger charge is -2.42. The lowest BCUT2D eigenvalue weighted by atomic mass is 9.61. The topological polar surface area (TPSA) is 30.0 Å². The smallest absolute Gasteiger partial charge is 0.284 e. The lowest BCUT2D eigenvalue weighted by Crippen LogP contribution is -2.40. The first kappa shape index (κ1) is 12.8. The molecule has 102 valence electrons. The zero-order valence-electron chi connectivity index (χ0n) is 10.1. The number of alkyl halides is 3. The Labute approximate surface area is 112 Å². The highest BCUT2D eigenvalue weighted by Gasteiger charge is 2.56. The third kappa shape index (κ3) is 1.93. The van der Waals surface area contributed by atoms with Crippen LogP contribution in [0.25, 0.3) is 5.57 Å². The van der Waals surface area contributed by atoms with Crippen LogP contribution in [0.1, 0.15) is 37.1 Å². The van der Waals surface area contributed by atoms with Gasteiger partial charge in [-0.15, -0.1) is 11.3 Å². The number of carbonyl (C=O) groups excluding carboxylic acids is 1. The van der Waals surface area contributed by atoms with Crippen LogP contribution in [0, 0.1) is 5.41 Å². The number of ketones is 1. The van der Waals surface area contributed by atoms with E-state index in [4.69, 9.17) is 0 Å². The van der Waals surface area contributed by atoms with Crippen LogP contribution in [-0.4, -0.2) is 16.9 Å². The summed E-state index contributed by atoms with van der Waals surface area (Å²) in [4.78, 5) is 15.8. The molecule has 1 aromatic heterocycles. The van der Waals surface area contributed by atoms with Crippen molar-refractivity contribution in [2.75, 3.05) is 0 Å². The second kappa shape index (κ2) is 4.16. The minimum absolute atomic E-state index is 0.00699. The summed E-state index contributed by atoms with van der Waals surface area (Å²) in [6.45, 7) is 0. The first-order valence-corrected chi connectivity index (χ1v) is 7.07. The molecule has 0 bridgehead atoms. The van der Waals surface area contributed by atoms with Crippen molar-refractivity contribution in [2.45, 2.75) is 38.3 Å². The molecule has 0 radical (unpaired) electrons. The molecule has 0 N–H and O–H groups in total. The fourth-order valence-electron chi connectivity index (χ4n) is 3.28. The maximum absolute atomic E-state index is 12.8. The molecular formula is C13H12F3NOS. The first-order chi connectivity index (χ1) is 8.94. The second-order valence-corrected chi connectivity index (χ2v) is 6.08. The molecule has 19 heavy (non-hydrogen) atoms. The molecule has 0 unspecified atom stereocenters. The van der Waals surface area contributed by atoms with E-state index in [1.54, 1.807) is 11.6 Å². The van der Waals surface area contributed by atoms with E-state index in [1.165, 1.54) is 11.3 Å². The third-order valence-corrected chi connectivity index (χ3v) is 4.92. The summed E-state index contributed by atoms with van der Waals surface area (Å²) in [7, 11) is 0. The minimum atomic E-state index is -4.78. The highest BCUT2D eigenvalue weighted by Crippen LogP contribution is 2.61. The van der Waals surface area contributed by atoms with Crippen LogP contribution in [0.3, 0.4) is 0 Å². The summed E-state index contributed by atoms with van der Waals surface area (Å²) < 4.78 is 38.3. The number of nitrogens with zero attached hydrogens (tertiary/aromatic N) is 1. The Hall–Kier alpha value is -1.17. The van der Waals surface area contributed by atoms with Gasteiger partial charge in [0.1, 0.15) is 5.01 Å². The van der Waals surface area contributed by atoms with Gasteiger partial charge in [0, 0.05) is 22.6 Å². The van der Waals surface area contributed by atoms with Gasteiger partial charge in [0.2, 0.25) is 0 Å². The number of hydrogen-bond acceptors (Lipinski definition) is 3. The molecular weight excluding hydrogens is 275 g/mol. The zero-order valence-corrected chi connectivity index (χ0v) is 10.9. The van der Waals surface area contributed by atoms with E-state index in [0.717, 1.165) is 12.8 Å². The van der Waals surface area contributed by atoms with Crippen LogP contribution in [0.15, 0.2) is 17.2 Å². The number of Topliss-reactive ketones (excluding diaryl/α,β-unsaturated/α-hetero) is 1. The maximum Gasteiger partial charge on any atom is 0.454 e. The summed E-state index contributed by atoms with van der Waals surface area (Å²) >= 11 is 1.29. The van der Waals surface area contributed by atoms with Crippen molar-refractivity contribution in [1.82, 2.24) is 4.98 Å². The van der Waals surface area contributed by atoms with Crippen molar-refractivity contribution < 1.29 is 18.0 Å². The molecule has 2 aliphatic rings. The van der Waals surface area contributed by atoms with Gasteiger partial charge >= 0.3 is 6.18 Å².